The molecule has 0 spiro atoms. The van der Waals surface area contributed by atoms with Crippen molar-refractivity contribution in [3.8, 4) is 0 Å². The molecule has 0 aliphatic rings. The smallest absolute Gasteiger partial charge is 0.391 e. The van der Waals surface area contributed by atoms with Gasteiger partial charge >= 0.3 is 7.82 Å². The summed E-state index contributed by atoms with van der Waals surface area (Å²) >= 11 is 0. The minimum atomic E-state index is -4.33. The van der Waals surface area contributed by atoms with E-state index in [1.165, 1.54) is 411 Å². The number of amides is 1. The van der Waals surface area contributed by atoms with E-state index >= 15 is 0 Å². The Hall–Kier alpha value is -0.500. The second-order valence-corrected chi connectivity index (χ2v) is 32.4. The van der Waals surface area contributed by atoms with Crippen LogP contribution in [-0.4, -0.2) is 73.4 Å². The fourth-order valence-corrected chi connectivity index (χ4v) is 14.6. The number of nitrogens with zero attached hydrogens (tertiary/aromatic N) is 1. The number of hydrogen-bond acceptors (Lipinski definition) is 5. The topological polar surface area (TPSA) is 105 Å². The highest BCUT2D eigenvalue weighted by molar-refractivity contribution is 7.47. The van der Waals surface area contributed by atoms with Crippen LogP contribution in [0, 0.1) is 0 Å². The molecule has 0 rings (SSSR count). The van der Waals surface area contributed by atoms with Crippen molar-refractivity contribution in [3.05, 3.63) is 0 Å². The third-order valence-corrected chi connectivity index (χ3v) is 21.3. The predicted molar refractivity (Wildman–Crippen MR) is 406 cm³/mol. The van der Waals surface area contributed by atoms with Gasteiger partial charge in [-0.25, -0.2) is 4.57 Å². The van der Waals surface area contributed by atoms with Crippen molar-refractivity contribution in [2.75, 3.05) is 40.9 Å². The Morgan fingerprint density at radius 3 is 0.728 bits per heavy atom. The summed E-state index contributed by atoms with van der Waals surface area (Å²) in [6.07, 6.45) is 97.1. The lowest BCUT2D eigenvalue weighted by Crippen LogP contribution is -2.46. The first-order valence-corrected chi connectivity index (χ1v) is 43.9. The number of aliphatic hydroxyl groups is 1. The molecule has 0 aromatic rings. The number of aliphatic hydroxyl groups excluding tert-OH is 1. The van der Waals surface area contributed by atoms with E-state index in [1.54, 1.807) is 0 Å². The van der Waals surface area contributed by atoms with Gasteiger partial charge < -0.3 is 19.8 Å². The second-order valence-electron chi connectivity index (χ2n) is 30.9. The van der Waals surface area contributed by atoms with E-state index < -0.39 is 20.0 Å². The zero-order valence-corrected chi connectivity index (χ0v) is 64.5. The molecule has 0 radical (unpaired) electrons. The van der Waals surface area contributed by atoms with Gasteiger partial charge in [0, 0.05) is 6.42 Å². The van der Waals surface area contributed by atoms with Crippen LogP contribution in [0.15, 0.2) is 0 Å². The first kappa shape index (κ1) is 91.5. The monoisotopic (exact) mass is 1320 g/mol. The molecular weight excluding hydrogens is 1150 g/mol. The van der Waals surface area contributed by atoms with E-state index in [4.69, 9.17) is 9.05 Å². The molecule has 0 saturated carbocycles. The van der Waals surface area contributed by atoms with Crippen LogP contribution in [0.3, 0.4) is 0 Å². The van der Waals surface area contributed by atoms with Gasteiger partial charge in [-0.1, -0.05) is 457 Å². The molecule has 0 fully saturated rings. The maximum atomic E-state index is 13.1. The van der Waals surface area contributed by atoms with Gasteiger partial charge in [0.25, 0.3) is 0 Å². The van der Waals surface area contributed by atoms with Crippen molar-refractivity contribution in [3.63, 3.8) is 0 Å². The Kier molecular flexibility index (Phi) is 74.3. The molecule has 3 atom stereocenters. The highest BCUT2D eigenvalue weighted by atomic mass is 31.2. The van der Waals surface area contributed by atoms with Gasteiger partial charge in [0.15, 0.2) is 0 Å². The third kappa shape index (κ3) is 76.9. The van der Waals surface area contributed by atoms with Crippen LogP contribution in [0.4, 0.5) is 0 Å². The average molecular weight is 1320 g/mol. The van der Waals surface area contributed by atoms with Crippen LogP contribution in [-0.2, 0) is 18.4 Å². The molecule has 0 aromatic heterocycles. The van der Waals surface area contributed by atoms with Crippen LogP contribution in [0.25, 0.3) is 0 Å². The van der Waals surface area contributed by atoms with E-state index in [1.807, 2.05) is 21.1 Å². The summed E-state index contributed by atoms with van der Waals surface area (Å²) in [7, 11) is 1.65. The number of quaternary nitrogens is 1. The molecule has 0 heterocycles. The Morgan fingerprint density at radius 2 is 0.522 bits per heavy atom. The molecule has 552 valence electrons. The molecule has 0 aromatic carbocycles. The second kappa shape index (κ2) is 74.7. The Labute approximate surface area is 578 Å². The van der Waals surface area contributed by atoms with E-state index in [0.29, 0.717) is 23.9 Å². The quantitative estimate of drug-likeness (QED) is 0.0318. The first-order valence-electron chi connectivity index (χ1n) is 42.4. The standard InChI is InChI=1S/C83H169N2O6P/c1-6-8-10-12-14-16-18-20-22-24-26-28-30-32-34-36-38-39-40-41-42-43-44-45-47-49-51-53-55-57-59-61-63-65-67-69-71-73-75-77-83(87)84-81(80-91-92(88,89)90-79-78-85(3,4)5)82(86)76-74-72-70-68-66-64-62-60-58-56-54-52-50-48-46-37-35-33-31-29-27-25-23-21-19-17-15-13-11-9-7-2/h81-82,86H,6-80H2,1-5H3,(H-,84,87,88,89)/p+1. The lowest BCUT2D eigenvalue weighted by molar-refractivity contribution is -0.870. The van der Waals surface area contributed by atoms with Crippen molar-refractivity contribution in [1.29, 1.82) is 0 Å². The number of unbranched alkanes of at least 4 members (excludes halogenated alkanes) is 68. The van der Waals surface area contributed by atoms with Gasteiger partial charge in [-0.15, -0.1) is 0 Å². The number of hydrogen-bond donors (Lipinski definition) is 3. The highest BCUT2D eigenvalue weighted by Gasteiger charge is 2.28. The summed E-state index contributed by atoms with van der Waals surface area (Å²) in [5, 5.41) is 14.2. The molecule has 9 heteroatoms. The molecular formula is C83H170N2O6P+. The van der Waals surface area contributed by atoms with Crippen molar-refractivity contribution in [2.24, 2.45) is 0 Å². The van der Waals surface area contributed by atoms with Gasteiger partial charge in [0.1, 0.15) is 13.2 Å². The van der Waals surface area contributed by atoms with Crippen LogP contribution < -0.4 is 5.32 Å². The van der Waals surface area contributed by atoms with Crippen LogP contribution in [0.2, 0.25) is 0 Å². The van der Waals surface area contributed by atoms with Crippen molar-refractivity contribution < 1.29 is 32.9 Å². The molecule has 8 nitrogen and oxygen atoms in total. The maximum Gasteiger partial charge on any atom is 0.472 e. The molecule has 3 N–H and O–H groups in total. The first-order chi connectivity index (χ1) is 45.0. The van der Waals surface area contributed by atoms with Crippen molar-refractivity contribution >= 4 is 13.7 Å². The zero-order valence-electron chi connectivity index (χ0n) is 63.6. The van der Waals surface area contributed by atoms with Gasteiger partial charge in [0.05, 0.1) is 39.9 Å². The summed E-state index contributed by atoms with van der Waals surface area (Å²) in [6.45, 7) is 4.98. The predicted octanol–water partition coefficient (Wildman–Crippen LogP) is 27.8. The fraction of sp³-hybridized carbons (Fsp3) is 0.988. The fourth-order valence-electron chi connectivity index (χ4n) is 13.8. The van der Waals surface area contributed by atoms with Gasteiger partial charge in [-0.3, -0.25) is 13.8 Å². The number of likely N-dealkylation sites (N-methyl/N-ethyl adjacent to an activating group) is 1. The molecule has 0 bridgehead atoms. The number of rotatable bonds is 81. The minimum absolute atomic E-state index is 0.0797. The van der Waals surface area contributed by atoms with Gasteiger partial charge in [-0.05, 0) is 12.8 Å². The van der Waals surface area contributed by atoms with Crippen LogP contribution in [0.1, 0.15) is 476 Å². The molecule has 0 saturated heterocycles. The van der Waals surface area contributed by atoms with Gasteiger partial charge in [0.2, 0.25) is 5.91 Å². The van der Waals surface area contributed by atoms with E-state index in [2.05, 4.69) is 19.2 Å². The Morgan fingerprint density at radius 1 is 0.326 bits per heavy atom. The summed E-state index contributed by atoms with van der Waals surface area (Å²) in [5.41, 5.74) is 0. The van der Waals surface area contributed by atoms with Crippen molar-refractivity contribution in [2.45, 2.75) is 488 Å². The number of phosphoric acid groups is 1. The maximum absolute atomic E-state index is 13.1. The molecule has 92 heavy (non-hydrogen) atoms. The molecule has 3 unspecified atom stereocenters. The lowest BCUT2D eigenvalue weighted by atomic mass is 10.0. The Balaban J connectivity index is 3.85. The van der Waals surface area contributed by atoms with Crippen LogP contribution >= 0.6 is 7.82 Å². The Bertz CT molecular complexity index is 1460. The molecule has 0 aliphatic heterocycles. The third-order valence-electron chi connectivity index (χ3n) is 20.4. The number of phosphoric ester groups is 1. The van der Waals surface area contributed by atoms with Gasteiger partial charge in [-0.2, -0.15) is 0 Å². The zero-order chi connectivity index (χ0) is 66.9. The summed E-state index contributed by atoms with van der Waals surface area (Å²) < 4.78 is 24.0. The lowest BCUT2D eigenvalue weighted by Gasteiger charge is -2.26. The molecule has 1 amide bonds. The summed E-state index contributed by atoms with van der Waals surface area (Å²) in [5.74, 6) is -0.131. The van der Waals surface area contributed by atoms with Crippen LogP contribution in [0.5, 0.6) is 0 Å². The number of carbonyl (C=O) groups is 1. The SMILES string of the molecule is CCCCCCCCCCCCCCCCCCCCCCCCCCCCCCCCCCCCCCCCCC(=O)NC(COP(=O)(O)OCC[N+](C)(C)C)C(O)CCCCCCCCCCCCCCCCCCCCCCCCCCCCCCCCC. The highest BCUT2D eigenvalue weighted by Crippen LogP contribution is 2.43. The van der Waals surface area contributed by atoms with E-state index in [9.17, 15) is 19.4 Å². The van der Waals surface area contributed by atoms with E-state index in [-0.39, 0.29) is 19.1 Å². The number of carbonyl (C=O) groups excluding carboxylic acids is 1. The molecule has 0 aliphatic carbocycles. The van der Waals surface area contributed by atoms with E-state index in [0.717, 1.165) is 38.5 Å². The minimum Gasteiger partial charge on any atom is -0.391 e. The number of nitrogens with one attached hydrogen (secondary N) is 1. The largest absolute Gasteiger partial charge is 0.472 e. The average Bonchev–Trinajstić information content (AvgIpc) is 2.63. The normalized spacial score (nSPS) is 13.3. The van der Waals surface area contributed by atoms with Crippen molar-refractivity contribution in [1.82, 2.24) is 5.32 Å². The summed E-state index contributed by atoms with van der Waals surface area (Å²) in [6, 6.07) is -0.758. The summed E-state index contributed by atoms with van der Waals surface area (Å²) in [4.78, 5) is 23.6.